The fraction of sp³-hybridized carbons (Fsp3) is 1.00. The van der Waals surface area contributed by atoms with Gasteiger partial charge in [-0.15, -0.1) is 0 Å². The van der Waals surface area contributed by atoms with Gasteiger partial charge in [-0.1, -0.05) is 12.8 Å². The summed E-state index contributed by atoms with van der Waals surface area (Å²) in [6.07, 6.45) is 8.51. The minimum atomic E-state index is 0.451. The van der Waals surface area contributed by atoms with Crippen molar-refractivity contribution in [3.8, 4) is 0 Å². The van der Waals surface area contributed by atoms with E-state index in [2.05, 4.69) is 24.1 Å². The lowest BCUT2D eigenvalue weighted by atomic mass is 10.1. The number of hydrogen-bond acceptors (Lipinski definition) is 3. The van der Waals surface area contributed by atoms with Crippen molar-refractivity contribution in [1.29, 1.82) is 0 Å². The first-order chi connectivity index (χ1) is 8.77. The minimum absolute atomic E-state index is 0.451. The van der Waals surface area contributed by atoms with Crippen LogP contribution < -0.4 is 5.32 Å². The largest absolute Gasteiger partial charge is 0.377 e. The van der Waals surface area contributed by atoms with Crippen LogP contribution in [0, 0.1) is 0 Å². The lowest BCUT2D eigenvalue weighted by Gasteiger charge is -2.28. The molecule has 0 spiro atoms. The highest BCUT2D eigenvalue weighted by atomic mass is 16.5. The Labute approximate surface area is 112 Å². The van der Waals surface area contributed by atoms with Crippen LogP contribution in [-0.4, -0.2) is 49.3 Å². The molecule has 2 fully saturated rings. The molecule has 0 aromatic carbocycles. The van der Waals surface area contributed by atoms with E-state index < -0.39 is 0 Å². The van der Waals surface area contributed by atoms with E-state index in [1.165, 1.54) is 51.6 Å². The standard InChI is InChI=1S/C15H30N2O/c1-13-7-4-3-5-10-17(13)11-9-16-14(2)15-8-6-12-18-15/h13-16H,3-12H2,1-2H3. The lowest BCUT2D eigenvalue weighted by molar-refractivity contribution is 0.0820. The molecule has 0 saturated carbocycles. The van der Waals surface area contributed by atoms with Crippen molar-refractivity contribution < 1.29 is 4.74 Å². The van der Waals surface area contributed by atoms with Crippen LogP contribution >= 0.6 is 0 Å². The van der Waals surface area contributed by atoms with E-state index in [-0.39, 0.29) is 0 Å². The van der Waals surface area contributed by atoms with Gasteiger partial charge in [0.25, 0.3) is 0 Å². The summed E-state index contributed by atoms with van der Waals surface area (Å²) in [5, 5.41) is 3.65. The van der Waals surface area contributed by atoms with Crippen molar-refractivity contribution in [2.45, 2.75) is 70.6 Å². The Morgan fingerprint density at radius 2 is 2.11 bits per heavy atom. The lowest BCUT2D eigenvalue weighted by Crippen LogP contribution is -2.43. The van der Waals surface area contributed by atoms with Gasteiger partial charge in [0.2, 0.25) is 0 Å². The number of rotatable bonds is 5. The molecule has 1 N–H and O–H groups in total. The highest BCUT2D eigenvalue weighted by molar-refractivity contribution is 4.78. The summed E-state index contributed by atoms with van der Waals surface area (Å²) < 4.78 is 5.72. The van der Waals surface area contributed by atoms with Gasteiger partial charge in [0.15, 0.2) is 0 Å². The zero-order chi connectivity index (χ0) is 12.8. The van der Waals surface area contributed by atoms with Crippen molar-refractivity contribution in [3.05, 3.63) is 0 Å². The van der Waals surface area contributed by atoms with Crippen LogP contribution in [0.2, 0.25) is 0 Å². The number of nitrogens with one attached hydrogen (secondary N) is 1. The fourth-order valence-electron chi connectivity index (χ4n) is 3.23. The summed E-state index contributed by atoms with van der Waals surface area (Å²) in [5.74, 6) is 0. The van der Waals surface area contributed by atoms with E-state index in [0.717, 1.165) is 19.2 Å². The van der Waals surface area contributed by atoms with E-state index in [9.17, 15) is 0 Å². The Hall–Kier alpha value is -0.120. The monoisotopic (exact) mass is 254 g/mol. The smallest absolute Gasteiger partial charge is 0.0726 e. The number of hydrogen-bond donors (Lipinski definition) is 1. The van der Waals surface area contributed by atoms with Crippen molar-refractivity contribution in [1.82, 2.24) is 10.2 Å². The highest BCUT2D eigenvalue weighted by Crippen LogP contribution is 2.17. The molecule has 2 aliphatic heterocycles. The number of ether oxygens (including phenoxy) is 1. The molecule has 0 amide bonds. The van der Waals surface area contributed by atoms with Gasteiger partial charge in [0.1, 0.15) is 0 Å². The molecule has 3 nitrogen and oxygen atoms in total. The fourth-order valence-corrected chi connectivity index (χ4v) is 3.23. The summed E-state index contributed by atoms with van der Waals surface area (Å²) in [6.45, 7) is 9.19. The molecule has 2 saturated heterocycles. The number of nitrogens with zero attached hydrogens (tertiary/aromatic N) is 1. The maximum Gasteiger partial charge on any atom is 0.0726 e. The van der Waals surface area contributed by atoms with Crippen LogP contribution in [0.25, 0.3) is 0 Å². The van der Waals surface area contributed by atoms with Crippen LogP contribution in [-0.2, 0) is 4.74 Å². The highest BCUT2D eigenvalue weighted by Gasteiger charge is 2.22. The van der Waals surface area contributed by atoms with Gasteiger partial charge in [-0.25, -0.2) is 0 Å². The van der Waals surface area contributed by atoms with Crippen LogP contribution in [0.15, 0.2) is 0 Å². The molecule has 0 aromatic heterocycles. The first-order valence-electron chi connectivity index (χ1n) is 7.86. The summed E-state index contributed by atoms with van der Waals surface area (Å²) >= 11 is 0. The first-order valence-corrected chi connectivity index (χ1v) is 7.86. The van der Waals surface area contributed by atoms with Gasteiger partial charge in [-0.3, -0.25) is 4.90 Å². The molecule has 2 aliphatic rings. The molecular weight excluding hydrogens is 224 g/mol. The zero-order valence-electron chi connectivity index (χ0n) is 12.2. The Kier molecular flexibility index (Phi) is 5.93. The Morgan fingerprint density at radius 1 is 1.22 bits per heavy atom. The molecule has 18 heavy (non-hydrogen) atoms. The topological polar surface area (TPSA) is 24.5 Å². The average Bonchev–Trinajstić information content (AvgIpc) is 2.82. The molecule has 0 bridgehead atoms. The maximum absolute atomic E-state index is 5.72. The molecular formula is C15H30N2O. The molecule has 2 heterocycles. The zero-order valence-corrected chi connectivity index (χ0v) is 12.2. The second-order valence-corrected chi connectivity index (χ2v) is 6.03. The molecule has 3 atom stereocenters. The predicted octanol–water partition coefficient (Wildman–Crippen LogP) is 2.41. The van der Waals surface area contributed by atoms with Crippen molar-refractivity contribution in [3.63, 3.8) is 0 Å². The molecule has 3 unspecified atom stereocenters. The third-order valence-corrected chi connectivity index (χ3v) is 4.58. The molecule has 0 radical (unpaired) electrons. The van der Waals surface area contributed by atoms with Crippen molar-refractivity contribution in [2.75, 3.05) is 26.2 Å². The van der Waals surface area contributed by atoms with Gasteiger partial charge >= 0.3 is 0 Å². The van der Waals surface area contributed by atoms with Gasteiger partial charge in [0, 0.05) is 31.8 Å². The molecule has 106 valence electrons. The SMILES string of the molecule is CC(NCCN1CCCCCC1C)C1CCCO1. The Balaban J connectivity index is 1.64. The van der Waals surface area contributed by atoms with Crippen LogP contribution in [0.1, 0.15) is 52.4 Å². The summed E-state index contributed by atoms with van der Waals surface area (Å²) in [5.41, 5.74) is 0. The second kappa shape index (κ2) is 7.46. The van der Waals surface area contributed by atoms with Gasteiger partial charge in [0.05, 0.1) is 6.10 Å². The van der Waals surface area contributed by atoms with Gasteiger partial charge in [-0.2, -0.15) is 0 Å². The number of likely N-dealkylation sites (tertiary alicyclic amines) is 1. The van der Waals surface area contributed by atoms with Crippen LogP contribution in [0.5, 0.6) is 0 Å². The van der Waals surface area contributed by atoms with E-state index in [4.69, 9.17) is 4.74 Å². The van der Waals surface area contributed by atoms with Crippen molar-refractivity contribution >= 4 is 0 Å². The van der Waals surface area contributed by atoms with E-state index in [1.807, 2.05) is 0 Å². The van der Waals surface area contributed by atoms with Gasteiger partial charge < -0.3 is 10.1 Å². The van der Waals surface area contributed by atoms with Gasteiger partial charge in [-0.05, 0) is 46.1 Å². The summed E-state index contributed by atoms with van der Waals surface area (Å²) in [7, 11) is 0. The summed E-state index contributed by atoms with van der Waals surface area (Å²) in [4.78, 5) is 2.65. The maximum atomic E-state index is 5.72. The van der Waals surface area contributed by atoms with Crippen molar-refractivity contribution in [2.24, 2.45) is 0 Å². The third kappa shape index (κ3) is 4.22. The normalized spacial score (nSPS) is 32.3. The molecule has 3 heteroatoms. The quantitative estimate of drug-likeness (QED) is 0.815. The molecule has 2 rings (SSSR count). The minimum Gasteiger partial charge on any atom is -0.377 e. The van der Waals surface area contributed by atoms with E-state index >= 15 is 0 Å². The average molecular weight is 254 g/mol. The first kappa shape index (κ1) is 14.3. The third-order valence-electron chi connectivity index (χ3n) is 4.58. The molecule has 0 aliphatic carbocycles. The second-order valence-electron chi connectivity index (χ2n) is 6.03. The Bertz CT molecular complexity index is 229. The van der Waals surface area contributed by atoms with Crippen LogP contribution in [0.3, 0.4) is 0 Å². The predicted molar refractivity (Wildman–Crippen MR) is 75.9 cm³/mol. The van der Waals surface area contributed by atoms with E-state index in [1.54, 1.807) is 0 Å². The van der Waals surface area contributed by atoms with E-state index in [0.29, 0.717) is 12.1 Å². The Morgan fingerprint density at radius 3 is 2.89 bits per heavy atom. The van der Waals surface area contributed by atoms with Crippen LogP contribution in [0.4, 0.5) is 0 Å². The summed E-state index contributed by atoms with van der Waals surface area (Å²) in [6, 6.07) is 1.28. The molecule has 0 aromatic rings.